The van der Waals surface area contributed by atoms with Gasteiger partial charge in [0.05, 0.1) is 18.2 Å². The Morgan fingerprint density at radius 1 is 0.931 bits per heavy atom. The minimum Gasteiger partial charge on any atom is -0.352 e. The molecule has 0 N–H and O–H groups in total. The van der Waals surface area contributed by atoms with Crippen LogP contribution in [0.1, 0.15) is 56.9 Å². The van der Waals surface area contributed by atoms with Gasteiger partial charge >= 0.3 is 0 Å². The van der Waals surface area contributed by atoms with Crippen LogP contribution in [0.5, 0.6) is 0 Å². The lowest BCUT2D eigenvalue weighted by Crippen LogP contribution is -2.38. The molecule has 0 atom stereocenters. The molecular formula is C25H30ClFO2. The SMILES string of the molecule is CCCC1COC(C2CCC(c3ccc(-c4ccc(Cl)c(F)c4)cc3)CC2)OC1. The standard InChI is InChI=1S/C25H30ClFO2/c1-2-3-17-15-28-25(29-16-17)21-10-8-19(9-11-21)18-4-6-20(7-5-18)22-12-13-23(26)24(27)14-22/h4-7,12-14,17,19,21,25H,2-3,8-11,15-16H2,1H3. The van der Waals surface area contributed by atoms with E-state index in [1.165, 1.54) is 37.3 Å². The molecule has 4 rings (SSSR count). The van der Waals surface area contributed by atoms with Crippen LogP contribution in [0.3, 0.4) is 0 Å². The molecule has 2 nitrogen and oxygen atoms in total. The number of benzene rings is 2. The van der Waals surface area contributed by atoms with Crippen molar-refractivity contribution in [2.45, 2.75) is 57.7 Å². The molecule has 0 aromatic heterocycles. The fourth-order valence-corrected chi connectivity index (χ4v) is 4.87. The summed E-state index contributed by atoms with van der Waals surface area (Å²) in [5, 5.41) is 0.161. The zero-order valence-corrected chi connectivity index (χ0v) is 17.8. The maximum Gasteiger partial charge on any atom is 0.160 e. The van der Waals surface area contributed by atoms with Crippen molar-refractivity contribution in [3.8, 4) is 11.1 Å². The fourth-order valence-electron chi connectivity index (χ4n) is 4.75. The minimum absolute atomic E-state index is 0.00812. The summed E-state index contributed by atoms with van der Waals surface area (Å²) in [6.07, 6.45) is 7.01. The molecule has 156 valence electrons. The predicted octanol–water partition coefficient (Wildman–Crippen LogP) is 7.21. The molecule has 0 spiro atoms. The molecule has 1 aliphatic heterocycles. The Balaban J connectivity index is 1.31. The smallest absolute Gasteiger partial charge is 0.160 e. The highest BCUT2D eigenvalue weighted by atomic mass is 35.5. The third-order valence-electron chi connectivity index (χ3n) is 6.48. The Bertz CT molecular complexity index is 791. The number of hydrogen-bond acceptors (Lipinski definition) is 2. The molecular weight excluding hydrogens is 387 g/mol. The Kier molecular flexibility index (Phi) is 6.89. The zero-order chi connectivity index (χ0) is 20.2. The second kappa shape index (κ2) is 9.59. The van der Waals surface area contributed by atoms with Crippen LogP contribution < -0.4 is 0 Å². The summed E-state index contributed by atoms with van der Waals surface area (Å²) in [5.41, 5.74) is 3.24. The molecule has 1 heterocycles. The van der Waals surface area contributed by atoms with Crippen molar-refractivity contribution in [1.82, 2.24) is 0 Å². The van der Waals surface area contributed by atoms with Gasteiger partial charge in [-0.25, -0.2) is 4.39 Å². The molecule has 0 unspecified atom stereocenters. The van der Waals surface area contributed by atoms with Crippen LogP contribution in [0, 0.1) is 17.7 Å². The third-order valence-corrected chi connectivity index (χ3v) is 6.79. The van der Waals surface area contributed by atoms with Gasteiger partial charge in [-0.15, -0.1) is 0 Å². The van der Waals surface area contributed by atoms with Gasteiger partial charge in [-0.3, -0.25) is 0 Å². The van der Waals surface area contributed by atoms with E-state index in [0.717, 1.165) is 37.2 Å². The van der Waals surface area contributed by atoms with E-state index in [2.05, 4.69) is 31.2 Å². The highest BCUT2D eigenvalue weighted by molar-refractivity contribution is 6.30. The van der Waals surface area contributed by atoms with E-state index in [-0.39, 0.29) is 17.1 Å². The number of rotatable bonds is 5. The van der Waals surface area contributed by atoms with Gasteiger partial charge in [-0.05, 0) is 66.8 Å². The Morgan fingerprint density at radius 2 is 1.59 bits per heavy atom. The van der Waals surface area contributed by atoms with Crippen LogP contribution in [0.2, 0.25) is 5.02 Å². The first-order chi connectivity index (χ1) is 14.1. The van der Waals surface area contributed by atoms with E-state index >= 15 is 0 Å². The minimum atomic E-state index is -0.375. The zero-order valence-electron chi connectivity index (χ0n) is 17.1. The van der Waals surface area contributed by atoms with Gasteiger partial charge in [0, 0.05) is 11.8 Å². The molecule has 0 radical (unpaired) electrons. The summed E-state index contributed by atoms with van der Waals surface area (Å²) in [6.45, 7) is 3.92. The van der Waals surface area contributed by atoms with E-state index in [1.54, 1.807) is 6.07 Å². The largest absolute Gasteiger partial charge is 0.352 e. The molecule has 2 aromatic rings. The topological polar surface area (TPSA) is 18.5 Å². The van der Waals surface area contributed by atoms with Crippen LogP contribution in [0.4, 0.5) is 4.39 Å². The lowest BCUT2D eigenvalue weighted by molar-refractivity contribution is -0.229. The van der Waals surface area contributed by atoms with Gasteiger partial charge in [0.1, 0.15) is 5.82 Å². The second-order valence-corrected chi connectivity index (χ2v) is 8.96. The van der Waals surface area contributed by atoms with Gasteiger partial charge in [0.25, 0.3) is 0 Å². The van der Waals surface area contributed by atoms with Gasteiger partial charge in [0.15, 0.2) is 6.29 Å². The van der Waals surface area contributed by atoms with Gasteiger partial charge in [-0.1, -0.05) is 55.3 Å². The van der Waals surface area contributed by atoms with Crippen molar-refractivity contribution in [1.29, 1.82) is 0 Å². The highest BCUT2D eigenvalue weighted by Gasteiger charge is 2.32. The van der Waals surface area contributed by atoms with Crippen LogP contribution in [-0.2, 0) is 9.47 Å². The summed E-state index contributed by atoms with van der Waals surface area (Å²) in [5.74, 6) is 1.30. The number of halogens is 2. The molecule has 1 saturated heterocycles. The van der Waals surface area contributed by atoms with Crippen molar-refractivity contribution >= 4 is 11.6 Å². The van der Waals surface area contributed by atoms with Gasteiger partial charge in [-0.2, -0.15) is 0 Å². The van der Waals surface area contributed by atoms with Gasteiger partial charge in [0.2, 0.25) is 0 Å². The van der Waals surface area contributed by atoms with Crippen molar-refractivity contribution < 1.29 is 13.9 Å². The van der Waals surface area contributed by atoms with E-state index in [9.17, 15) is 4.39 Å². The van der Waals surface area contributed by atoms with Crippen molar-refractivity contribution in [2.75, 3.05) is 13.2 Å². The molecule has 29 heavy (non-hydrogen) atoms. The quantitative estimate of drug-likeness (QED) is 0.512. The number of ether oxygens (including phenoxy) is 2. The molecule has 2 aromatic carbocycles. The average molecular weight is 417 g/mol. The predicted molar refractivity (Wildman–Crippen MR) is 116 cm³/mol. The summed E-state index contributed by atoms with van der Waals surface area (Å²) in [4.78, 5) is 0. The molecule has 0 amide bonds. The van der Waals surface area contributed by atoms with Crippen LogP contribution >= 0.6 is 11.6 Å². The van der Waals surface area contributed by atoms with Crippen LogP contribution in [0.25, 0.3) is 11.1 Å². The summed E-state index contributed by atoms with van der Waals surface area (Å²) < 4.78 is 25.8. The third kappa shape index (κ3) is 5.02. The van der Waals surface area contributed by atoms with Crippen LogP contribution in [-0.4, -0.2) is 19.5 Å². The molecule has 2 fully saturated rings. The van der Waals surface area contributed by atoms with E-state index in [4.69, 9.17) is 21.1 Å². The second-order valence-electron chi connectivity index (χ2n) is 8.55. The molecule has 1 saturated carbocycles. The first-order valence-electron chi connectivity index (χ1n) is 10.9. The maximum absolute atomic E-state index is 13.7. The molecule has 0 bridgehead atoms. The molecule has 1 aliphatic carbocycles. The monoisotopic (exact) mass is 416 g/mol. The summed E-state index contributed by atoms with van der Waals surface area (Å²) in [6, 6.07) is 13.5. The Labute approximate surface area is 178 Å². The number of hydrogen-bond donors (Lipinski definition) is 0. The van der Waals surface area contributed by atoms with E-state index in [0.29, 0.717) is 17.8 Å². The van der Waals surface area contributed by atoms with E-state index in [1.807, 2.05) is 6.07 Å². The first kappa shape index (κ1) is 20.8. The summed E-state index contributed by atoms with van der Waals surface area (Å²) in [7, 11) is 0. The maximum atomic E-state index is 13.7. The lowest BCUT2D eigenvalue weighted by Gasteiger charge is -2.37. The van der Waals surface area contributed by atoms with Crippen molar-refractivity contribution in [3.05, 3.63) is 58.9 Å². The van der Waals surface area contributed by atoms with Crippen molar-refractivity contribution in [3.63, 3.8) is 0 Å². The van der Waals surface area contributed by atoms with Gasteiger partial charge < -0.3 is 9.47 Å². The lowest BCUT2D eigenvalue weighted by atomic mass is 9.78. The molecule has 2 aliphatic rings. The molecule has 4 heteroatoms. The fraction of sp³-hybridized carbons (Fsp3) is 0.520. The Morgan fingerprint density at radius 3 is 2.21 bits per heavy atom. The summed E-state index contributed by atoms with van der Waals surface area (Å²) >= 11 is 5.79. The first-order valence-corrected chi connectivity index (χ1v) is 11.3. The Hall–Kier alpha value is -1.42. The van der Waals surface area contributed by atoms with Crippen LogP contribution in [0.15, 0.2) is 42.5 Å². The normalized spacial score (nSPS) is 27.7. The average Bonchev–Trinajstić information content (AvgIpc) is 2.77. The van der Waals surface area contributed by atoms with Crippen molar-refractivity contribution in [2.24, 2.45) is 11.8 Å². The highest BCUT2D eigenvalue weighted by Crippen LogP contribution is 2.39. The van der Waals surface area contributed by atoms with E-state index < -0.39 is 0 Å².